The van der Waals surface area contributed by atoms with Crippen molar-refractivity contribution in [2.45, 2.75) is 26.1 Å². The van der Waals surface area contributed by atoms with Crippen molar-refractivity contribution in [3.8, 4) is 0 Å². The topological polar surface area (TPSA) is 70.5 Å². The number of benzene rings is 1. The molecule has 0 unspecified atom stereocenters. The number of rotatable bonds is 3. The van der Waals surface area contributed by atoms with Crippen molar-refractivity contribution < 1.29 is 9.47 Å². The summed E-state index contributed by atoms with van der Waals surface area (Å²) in [5.74, 6) is -0.979. The predicted octanol–water partition coefficient (Wildman–Crippen LogP) is 2.59. The number of ether oxygens (including phenoxy) is 2. The van der Waals surface area contributed by atoms with Crippen LogP contribution in [-0.2, 0) is 9.47 Å². The lowest BCUT2D eigenvalue weighted by Crippen LogP contribution is -2.40. The van der Waals surface area contributed by atoms with Crippen molar-refractivity contribution in [1.29, 1.82) is 0 Å². The number of hydrogen-bond acceptors (Lipinski definition) is 4. The van der Waals surface area contributed by atoms with Gasteiger partial charge in [-0.2, -0.15) is 0 Å². The zero-order valence-electron chi connectivity index (χ0n) is 12.5. The largest absolute Gasteiger partial charge is 0.399 e. The molecule has 108 valence electrons. The van der Waals surface area contributed by atoms with Gasteiger partial charge in [0.05, 0.1) is 5.70 Å². The summed E-state index contributed by atoms with van der Waals surface area (Å²) in [4.78, 5) is 0. The molecule has 0 saturated carbocycles. The third-order valence-corrected chi connectivity index (χ3v) is 3.90. The lowest BCUT2D eigenvalue weighted by molar-refractivity contribution is -0.143. The highest BCUT2D eigenvalue weighted by molar-refractivity contribution is 5.73. The molecule has 0 bridgehead atoms. The normalized spacial score (nSPS) is 18.1. The first kappa shape index (κ1) is 14.6. The molecule has 2 rings (SSSR count). The molecule has 0 atom stereocenters. The maximum atomic E-state index is 6.14. The second-order valence-electron chi connectivity index (χ2n) is 5.19. The van der Waals surface area contributed by atoms with Crippen LogP contribution in [0.25, 0.3) is 5.57 Å². The van der Waals surface area contributed by atoms with E-state index in [9.17, 15) is 0 Å². The number of nitrogen functional groups attached to an aromatic ring is 1. The molecule has 1 aromatic rings. The molecule has 0 radical (unpaired) electrons. The summed E-state index contributed by atoms with van der Waals surface area (Å²) in [5.41, 5.74) is 17.8. The molecular weight excluding hydrogens is 252 g/mol. The molecule has 4 heteroatoms. The molecular formula is C16H22N2O2. The molecule has 4 nitrogen and oxygen atoms in total. The van der Waals surface area contributed by atoms with Gasteiger partial charge < -0.3 is 20.9 Å². The third-order valence-electron chi connectivity index (χ3n) is 3.90. The van der Waals surface area contributed by atoms with Crippen LogP contribution in [0.1, 0.15) is 24.5 Å². The summed E-state index contributed by atoms with van der Waals surface area (Å²) in [6.07, 6.45) is 2.73. The highest BCUT2D eigenvalue weighted by Crippen LogP contribution is 2.37. The van der Waals surface area contributed by atoms with Gasteiger partial charge in [-0.3, -0.25) is 0 Å². The Hall–Kier alpha value is -1.78. The van der Waals surface area contributed by atoms with E-state index >= 15 is 0 Å². The van der Waals surface area contributed by atoms with Gasteiger partial charge in [-0.25, -0.2) is 0 Å². The summed E-state index contributed by atoms with van der Waals surface area (Å²) in [6.45, 7) is 4.00. The number of hydrogen-bond donors (Lipinski definition) is 2. The molecule has 0 aliphatic heterocycles. The van der Waals surface area contributed by atoms with Crippen LogP contribution in [0.5, 0.6) is 0 Å². The Morgan fingerprint density at radius 3 is 2.30 bits per heavy atom. The number of nitrogens with two attached hydrogens (primary N) is 2. The van der Waals surface area contributed by atoms with E-state index < -0.39 is 5.79 Å². The zero-order chi connectivity index (χ0) is 14.9. The van der Waals surface area contributed by atoms with Gasteiger partial charge in [0, 0.05) is 19.9 Å². The summed E-state index contributed by atoms with van der Waals surface area (Å²) < 4.78 is 11.0. The van der Waals surface area contributed by atoms with E-state index in [0.717, 1.165) is 34.4 Å². The van der Waals surface area contributed by atoms with E-state index in [1.54, 1.807) is 14.2 Å². The average Bonchev–Trinajstić information content (AvgIpc) is 2.45. The molecule has 0 amide bonds. The second kappa shape index (κ2) is 5.31. The minimum Gasteiger partial charge on any atom is -0.399 e. The van der Waals surface area contributed by atoms with Crippen LogP contribution in [0.4, 0.5) is 5.69 Å². The van der Waals surface area contributed by atoms with Gasteiger partial charge in [-0.05, 0) is 60.8 Å². The third kappa shape index (κ3) is 2.32. The standard InChI is InChI=1S/C16H22N2O2/c1-10-7-12(5-6-14(10)17)13-8-11(2)15(18)16(9-13,19-3)20-4/h5-7,9H,8,17-18H2,1-4H3. The SMILES string of the molecule is COC1(OC)C=C(c2ccc(N)c(C)c2)CC(C)=C1N. The van der Waals surface area contributed by atoms with E-state index in [1.807, 2.05) is 32.1 Å². The molecule has 20 heavy (non-hydrogen) atoms. The van der Waals surface area contributed by atoms with E-state index in [1.165, 1.54) is 0 Å². The van der Waals surface area contributed by atoms with Gasteiger partial charge in [0.1, 0.15) is 0 Å². The Bertz CT molecular complexity index is 584. The highest BCUT2D eigenvalue weighted by Gasteiger charge is 2.35. The van der Waals surface area contributed by atoms with Crippen molar-refractivity contribution in [3.05, 3.63) is 46.7 Å². The molecule has 0 saturated heterocycles. The molecule has 0 heterocycles. The lowest BCUT2D eigenvalue weighted by Gasteiger charge is -2.34. The maximum absolute atomic E-state index is 6.14. The Balaban J connectivity index is 2.50. The van der Waals surface area contributed by atoms with Gasteiger partial charge in [0.15, 0.2) is 0 Å². The van der Waals surface area contributed by atoms with Crippen LogP contribution in [0, 0.1) is 6.92 Å². The van der Waals surface area contributed by atoms with Crippen molar-refractivity contribution in [1.82, 2.24) is 0 Å². The summed E-state index contributed by atoms with van der Waals surface area (Å²) in [6, 6.07) is 6.01. The van der Waals surface area contributed by atoms with Crippen molar-refractivity contribution >= 4 is 11.3 Å². The second-order valence-corrected chi connectivity index (χ2v) is 5.19. The molecule has 0 fully saturated rings. The van der Waals surface area contributed by atoms with Crippen LogP contribution in [-0.4, -0.2) is 20.0 Å². The number of aryl methyl sites for hydroxylation is 1. The maximum Gasteiger partial charge on any atom is 0.230 e. The number of allylic oxidation sites excluding steroid dienone is 2. The Morgan fingerprint density at radius 1 is 1.10 bits per heavy atom. The summed E-state index contributed by atoms with van der Waals surface area (Å²) >= 11 is 0. The van der Waals surface area contributed by atoms with Crippen molar-refractivity contribution in [3.63, 3.8) is 0 Å². The molecule has 1 aliphatic rings. The smallest absolute Gasteiger partial charge is 0.230 e. The highest BCUT2D eigenvalue weighted by atomic mass is 16.7. The minimum absolute atomic E-state index is 0.624. The Labute approximate surface area is 120 Å². The fourth-order valence-electron chi connectivity index (χ4n) is 2.52. The molecule has 0 spiro atoms. The number of methoxy groups -OCH3 is 2. The van der Waals surface area contributed by atoms with E-state index in [-0.39, 0.29) is 0 Å². The first-order valence-corrected chi connectivity index (χ1v) is 6.57. The minimum atomic E-state index is -0.979. The van der Waals surface area contributed by atoms with Gasteiger partial charge in [-0.1, -0.05) is 6.07 Å². The van der Waals surface area contributed by atoms with Gasteiger partial charge in [-0.15, -0.1) is 0 Å². The Kier molecular flexibility index (Phi) is 3.88. The molecule has 1 aromatic carbocycles. The van der Waals surface area contributed by atoms with E-state index in [4.69, 9.17) is 20.9 Å². The molecule has 1 aliphatic carbocycles. The van der Waals surface area contributed by atoms with Gasteiger partial charge in [0.2, 0.25) is 5.79 Å². The van der Waals surface area contributed by atoms with Crippen LogP contribution >= 0.6 is 0 Å². The average molecular weight is 274 g/mol. The molecule has 4 N–H and O–H groups in total. The van der Waals surface area contributed by atoms with E-state index in [2.05, 4.69) is 6.07 Å². The van der Waals surface area contributed by atoms with Gasteiger partial charge in [0.25, 0.3) is 0 Å². The monoisotopic (exact) mass is 274 g/mol. The predicted molar refractivity (Wildman–Crippen MR) is 81.8 cm³/mol. The van der Waals surface area contributed by atoms with Crippen molar-refractivity contribution in [2.24, 2.45) is 5.73 Å². The summed E-state index contributed by atoms with van der Waals surface area (Å²) in [7, 11) is 3.19. The van der Waals surface area contributed by atoms with Crippen LogP contribution in [0.3, 0.4) is 0 Å². The van der Waals surface area contributed by atoms with Crippen molar-refractivity contribution in [2.75, 3.05) is 20.0 Å². The fourth-order valence-corrected chi connectivity index (χ4v) is 2.52. The van der Waals surface area contributed by atoms with Crippen LogP contribution < -0.4 is 11.5 Å². The lowest BCUT2D eigenvalue weighted by atomic mass is 9.88. The van der Waals surface area contributed by atoms with Crippen LogP contribution in [0.15, 0.2) is 35.5 Å². The zero-order valence-corrected chi connectivity index (χ0v) is 12.5. The van der Waals surface area contributed by atoms with Crippen LogP contribution in [0.2, 0.25) is 0 Å². The first-order chi connectivity index (χ1) is 9.43. The van der Waals surface area contributed by atoms with Gasteiger partial charge >= 0.3 is 0 Å². The first-order valence-electron chi connectivity index (χ1n) is 6.57. The molecule has 0 aromatic heterocycles. The van der Waals surface area contributed by atoms with E-state index in [0.29, 0.717) is 5.70 Å². The Morgan fingerprint density at radius 2 is 1.75 bits per heavy atom. The summed E-state index contributed by atoms with van der Waals surface area (Å²) in [5, 5.41) is 0. The number of anilines is 1. The quantitative estimate of drug-likeness (QED) is 0.656. The fraction of sp³-hybridized carbons (Fsp3) is 0.375.